The van der Waals surface area contributed by atoms with E-state index in [-0.39, 0.29) is 17.1 Å². The quantitative estimate of drug-likeness (QED) is 0.279. The minimum atomic E-state index is -0.144. The highest BCUT2D eigenvalue weighted by molar-refractivity contribution is 6.01. The lowest BCUT2D eigenvalue weighted by atomic mass is 9.69. The number of unbranched alkanes of at least 4 members (excludes halogenated alkanes) is 5. The van der Waals surface area contributed by atoms with Crippen LogP contribution < -0.4 is 10.1 Å². The van der Waals surface area contributed by atoms with Crippen LogP contribution in [0.3, 0.4) is 0 Å². The molecule has 5 nitrogen and oxygen atoms in total. The van der Waals surface area contributed by atoms with E-state index in [0.29, 0.717) is 6.42 Å². The summed E-state index contributed by atoms with van der Waals surface area (Å²) < 4.78 is 8.05. The first kappa shape index (κ1) is 26.3. The van der Waals surface area contributed by atoms with E-state index in [1.54, 1.807) is 0 Å². The number of Topliss-reactive ketones (excluding diaryl/α,β-unsaturated/α-hetero) is 1. The van der Waals surface area contributed by atoms with Gasteiger partial charge in [0.1, 0.15) is 11.6 Å². The number of para-hydroxylation sites is 1. The number of ketones is 1. The molecule has 200 valence electrons. The fourth-order valence-corrected chi connectivity index (χ4v) is 5.99. The van der Waals surface area contributed by atoms with Crippen molar-refractivity contribution in [1.29, 1.82) is 0 Å². The molecule has 3 aromatic rings. The van der Waals surface area contributed by atoms with Crippen LogP contribution >= 0.6 is 0 Å². The third-order valence-electron chi connectivity index (χ3n) is 7.85. The zero-order chi connectivity index (χ0) is 26.7. The van der Waals surface area contributed by atoms with Gasteiger partial charge in [-0.1, -0.05) is 83.2 Å². The maximum atomic E-state index is 13.6. The molecule has 0 saturated heterocycles. The van der Waals surface area contributed by atoms with Gasteiger partial charge in [-0.3, -0.25) is 4.79 Å². The van der Waals surface area contributed by atoms with Crippen molar-refractivity contribution in [2.45, 2.75) is 85.0 Å². The van der Waals surface area contributed by atoms with Crippen LogP contribution in [-0.4, -0.2) is 22.2 Å². The average molecular weight is 512 g/mol. The molecular weight excluding hydrogens is 470 g/mol. The van der Waals surface area contributed by atoms with Crippen LogP contribution in [-0.2, 0) is 4.79 Å². The molecule has 0 unspecified atom stereocenters. The number of nitrogens with zero attached hydrogens (tertiary/aromatic N) is 2. The van der Waals surface area contributed by atoms with Gasteiger partial charge in [0.05, 0.1) is 18.0 Å². The average Bonchev–Trinajstić information content (AvgIpc) is 3.23. The van der Waals surface area contributed by atoms with E-state index in [4.69, 9.17) is 9.84 Å². The fraction of sp³-hybridized carbons (Fsp3) is 0.455. The molecule has 0 bridgehead atoms. The summed E-state index contributed by atoms with van der Waals surface area (Å²) in [6.07, 6.45) is 8.90. The Labute approximate surface area is 227 Å². The molecule has 1 aliphatic heterocycles. The minimum absolute atomic E-state index is 0.0775. The first-order valence-corrected chi connectivity index (χ1v) is 14.3. The monoisotopic (exact) mass is 511 g/mol. The zero-order valence-corrected chi connectivity index (χ0v) is 23.3. The number of hydrogen-bond donors (Lipinski definition) is 1. The van der Waals surface area contributed by atoms with Crippen LogP contribution in [0.15, 0.2) is 65.9 Å². The maximum Gasteiger partial charge on any atom is 0.162 e. The SMILES string of the molecule is CCCCCCCCOc1ccc([C@H]2C3=C(CC(C)(C)CC3=O)Nc3c2c(C)nn3-c2ccccc2)cc1. The van der Waals surface area contributed by atoms with Gasteiger partial charge in [-0.25, -0.2) is 4.68 Å². The Kier molecular flexibility index (Phi) is 7.73. The number of rotatable bonds is 10. The van der Waals surface area contributed by atoms with Gasteiger partial charge in [0, 0.05) is 29.2 Å². The van der Waals surface area contributed by atoms with Crippen molar-refractivity contribution in [2.75, 3.05) is 11.9 Å². The van der Waals surface area contributed by atoms with Gasteiger partial charge in [0.15, 0.2) is 5.78 Å². The smallest absolute Gasteiger partial charge is 0.162 e. The normalized spacial score (nSPS) is 18.1. The molecule has 1 atom stereocenters. The predicted octanol–water partition coefficient (Wildman–Crippen LogP) is 8.12. The van der Waals surface area contributed by atoms with Crippen molar-refractivity contribution in [3.63, 3.8) is 0 Å². The molecule has 38 heavy (non-hydrogen) atoms. The lowest BCUT2D eigenvalue weighted by Gasteiger charge is -2.38. The summed E-state index contributed by atoms with van der Waals surface area (Å²) in [5.74, 6) is 1.94. The lowest BCUT2D eigenvalue weighted by molar-refractivity contribution is -0.118. The lowest BCUT2D eigenvalue weighted by Crippen LogP contribution is -2.34. The molecule has 1 aromatic heterocycles. The molecule has 0 spiro atoms. The summed E-state index contributed by atoms with van der Waals surface area (Å²) in [6, 6.07) is 18.6. The molecule has 0 saturated carbocycles. The van der Waals surface area contributed by atoms with E-state index < -0.39 is 0 Å². The highest BCUT2D eigenvalue weighted by atomic mass is 16.5. The summed E-state index contributed by atoms with van der Waals surface area (Å²) in [5.41, 5.74) is 5.99. The van der Waals surface area contributed by atoms with Gasteiger partial charge in [0.2, 0.25) is 0 Å². The van der Waals surface area contributed by atoms with Crippen molar-refractivity contribution < 1.29 is 9.53 Å². The molecule has 5 rings (SSSR count). The molecule has 0 fully saturated rings. The molecule has 1 N–H and O–H groups in total. The molecule has 2 aromatic carbocycles. The van der Waals surface area contributed by atoms with Gasteiger partial charge in [-0.05, 0) is 55.0 Å². The summed E-state index contributed by atoms with van der Waals surface area (Å²) in [5, 5.41) is 8.61. The van der Waals surface area contributed by atoms with Crippen LogP contribution in [0.25, 0.3) is 5.69 Å². The Balaban J connectivity index is 1.44. The number of carbonyl (C=O) groups excluding carboxylic acids is 1. The number of allylic oxidation sites excluding steroid dienone is 2. The molecule has 2 heterocycles. The van der Waals surface area contributed by atoms with Crippen LogP contribution in [0.5, 0.6) is 5.75 Å². The van der Waals surface area contributed by atoms with E-state index in [1.165, 1.54) is 32.1 Å². The first-order valence-electron chi connectivity index (χ1n) is 14.3. The third kappa shape index (κ3) is 5.43. The topological polar surface area (TPSA) is 56.1 Å². The van der Waals surface area contributed by atoms with Gasteiger partial charge >= 0.3 is 0 Å². The van der Waals surface area contributed by atoms with Crippen LogP contribution in [0.1, 0.15) is 94.9 Å². The van der Waals surface area contributed by atoms with E-state index in [2.05, 4.69) is 62.5 Å². The van der Waals surface area contributed by atoms with Gasteiger partial charge in [0.25, 0.3) is 0 Å². The van der Waals surface area contributed by atoms with Crippen molar-refractivity contribution >= 4 is 11.6 Å². The number of fused-ring (bicyclic) bond motifs is 1. The highest BCUT2D eigenvalue weighted by Crippen LogP contribution is 2.50. The Bertz CT molecular complexity index is 1300. The summed E-state index contributed by atoms with van der Waals surface area (Å²) in [6.45, 7) is 9.39. The van der Waals surface area contributed by atoms with Gasteiger partial charge in [-0.2, -0.15) is 5.10 Å². The summed E-state index contributed by atoms with van der Waals surface area (Å²) in [4.78, 5) is 13.6. The largest absolute Gasteiger partial charge is 0.494 e. The van der Waals surface area contributed by atoms with Gasteiger partial charge < -0.3 is 10.1 Å². The Morgan fingerprint density at radius 3 is 2.42 bits per heavy atom. The number of aryl methyl sites for hydroxylation is 1. The molecule has 5 heteroatoms. The van der Waals surface area contributed by atoms with E-state index >= 15 is 0 Å². The second kappa shape index (κ2) is 11.2. The highest BCUT2D eigenvalue weighted by Gasteiger charge is 2.43. The summed E-state index contributed by atoms with van der Waals surface area (Å²) >= 11 is 0. The molecule has 2 aliphatic rings. The van der Waals surface area contributed by atoms with E-state index in [9.17, 15) is 4.79 Å². The third-order valence-corrected chi connectivity index (χ3v) is 7.85. The van der Waals surface area contributed by atoms with Crippen molar-refractivity contribution in [3.05, 3.63) is 82.7 Å². The van der Waals surface area contributed by atoms with Crippen molar-refractivity contribution in [2.24, 2.45) is 5.41 Å². The Morgan fingerprint density at radius 1 is 0.974 bits per heavy atom. The molecule has 0 radical (unpaired) electrons. The maximum absolute atomic E-state index is 13.6. The van der Waals surface area contributed by atoms with Gasteiger partial charge in [-0.15, -0.1) is 0 Å². The van der Waals surface area contributed by atoms with Crippen LogP contribution in [0, 0.1) is 12.3 Å². The standard InChI is InChI=1S/C33H41N3O2/c1-5-6-7-8-9-13-20-38-26-18-16-24(17-19-26)30-29-23(2)35-36(25-14-11-10-12-15-25)32(29)34-27-21-33(3,4)22-28(37)31(27)30/h10-12,14-19,30,34H,5-9,13,20-22H2,1-4H3/t30-/m1/s1. The molecular formula is C33H41N3O2. The fourth-order valence-electron chi connectivity index (χ4n) is 5.99. The van der Waals surface area contributed by atoms with Crippen LogP contribution in [0.2, 0.25) is 0 Å². The Hall–Kier alpha value is -3.34. The number of aromatic nitrogens is 2. The number of benzene rings is 2. The minimum Gasteiger partial charge on any atom is -0.494 e. The number of carbonyl (C=O) groups is 1. The van der Waals surface area contributed by atoms with Crippen molar-refractivity contribution in [3.8, 4) is 11.4 Å². The molecule has 0 amide bonds. The van der Waals surface area contributed by atoms with Crippen molar-refractivity contribution in [1.82, 2.24) is 9.78 Å². The number of anilines is 1. The zero-order valence-electron chi connectivity index (χ0n) is 23.3. The number of hydrogen-bond acceptors (Lipinski definition) is 4. The summed E-state index contributed by atoms with van der Waals surface area (Å²) in [7, 11) is 0. The Morgan fingerprint density at radius 2 is 1.68 bits per heavy atom. The molecule has 1 aliphatic carbocycles. The van der Waals surface area contributed by atoms with E-state index in [1.807, 2.05) is 29.8 Å². The van der Waals surface area contributed by atoms with Crippen LogP contribution in [0.4, 0.5) is 5.82 Å². The first-order chi connectivity index (χ1) is 18.4. The predicted molar refractivity (Wildman–Crippen MR) is 154 cm³/mol. The second-order valence-corrected chi connectivity index (χ2v) is 11.7. The second-order valence-electron chi connectivity index (χ2n) is 11.7. The van der Waals surface area contributed by atoms with E-state index in [0.717, 1.165) is 64.8 Å². The number of nitrogens with one attached hydrogen (secondary N) is 1. The number of ether oxygens (including phenoxy) is 1.